The van der Waals surface area contributed by atoms with E-state index in [0.29, 0.717) is 5.56 Å². The number of nitrogens with one attached hydrogen (secondary N) is 1. The zero-order valence-electron chi connectivity index (χ0n) is 7.61. The molecule has 0 aliphatic heterocycles. The molecule has 0 fully saturated rings. The van der Waals surface area contributed by atoms with Gasteiger partial charge in [-0.15, -0.1) is 12.4 Å². The van der Waals surface area contributed by atoms with E-state index in [2.05, 4.69) is 25.9 Å². The van der Waals surface area contributed by atoms with Crippen molar-refractivity contribution in [3.05, 3.63) is 51.6 Å². The van der Waals surface area contributed by atoms with Crippen LogP contribution in [-0.4, -0.2) is 9.97 Å². The Kier molecular flexibility index (Phi) is 4.05. The van der Waals surface area contributed by atoms with Crippen molar-refractivity contribution in [3.8, 4) is 11.1 Å². The van der Waals surface area contributed by atoms with Crippen molar-refractivity contribution in [3.63, 3.8) is 0 Å². The Bertz CT molecular complexity index is 495. The van der Waals surface area contributed by atoms with Gasteiger partial charge in [-0.05, 0) is 17.7 Å². The van der Waals surface area contributed by atoms with Gasteiger partial charge in [0.1, 0.15) is 0 Å². The van der Waals surface area contributed by atoms with E-state index in [-0.39, 0.29) is 18.0 Å². The summed E-state index contributed by atoms with van der Waals surface area (Å²) in [6.45, 7) is 0. The molecular formula is C10H8BrClN2O. The van der Waals surface area contributed by atoms with Crippen LogP contribution >= 0.6 is 28.3 Å². The Balaban J connectivity index is 0.00000112. The third kappa shape index (κ3) is 2.67. The Hall–Kier alpha value is -1.13. The number of aromatic amines is 1. The largest absolute Gasteiger partial charge is 0.313 e. The maximum atomic E-state index is 11.4. The van der Waals surface area contributed by atoms with E-state index < -0.39 is 0 Å². The molecular weight excluding hydrogens is 279 g/mol. The fourth-order valence-corrected chi connectivity index (χ4v) is 1.44. The highest BCUT2D eigenvalue weighted by Gasteiger charge is 2.01. The molecule has 1 aromatic heterocycles. The van der Waals surface area contributed by atoms with Gasteiger partial charge >= 0.3 is 0 Å². The monoisotopic (exact) mass is 286 g/mol. The molecule has 0 amide bonds. The summed E-state index contributed by atoms with van der Waals surface area (Å²) >= 11 is 3.33. The van der Waals surface area contributed by atoms with Crippen LogP contribution in [0, 0.1) is 0 Å². The first-order chi connectivity index (χ1) is 6.77. The first kappa shape index (κ1) is 11.9. The maximum Gasteiger partial charge on any atom is 0.258 e. The van der Waals surface area contributed by atoms with E-state index in [4.69, 9.17) is 0 Å². The molecule has 0 aliphatic rings. The summed E-state index contributed by atoms with van der Waals surface area (Å²) < 4.78 is 0.988. The first-order valence-corrected chi connectivity index (χ1v) is 4.85. The molecule has 0 spiro atoms. The molecule has 0 saturated carbocycles. The van der Waals surface area contributed by atoms with Crippen LogP contribution in [-0.2, 0) is 0 Å². The van der Waals surface area contributed by atoms with Crippen LogP contribution in [0.25, 0.3) is 11.1 Å². The van der Waals surface area contributed by atoms with Crippen LogP contribution in [0.1, 0.15) is 0 Å². The minimum absolute atomic E-state index is 0. The van der Waals surface area contributed by atoms with Crippen molar-refractivity contribution in [1.82, 2.24) is 9.97 Å². The van der Waals surface area contributed by atoms with Gasteiger partial charge in [-0.25, -0.2) is 4.98 Å². The summed E-state index contributed by atoms with van der Waals surface area (Å²) in [6.07, 6.45) is 2.94. The van der Waals surface area contributed by atoms with Crippen LogP contribution < -0.4 is 5.56 Å². The highest BCUT2D eigenvalue weighted by Crippen LogP contribution is 2.17. The van der Waals surface area contributed by atoms with Crippen molar-refractivity contribution >= 4 is 28.3 Å². The number of rotatable bonds is 1. The lowest BCUT2D eigenvalue weighted by Crippen LogP contribution is -2.08. The van der Waals surface area contributed by atoms with Crippen molar-refractivity contribution < 1.29 is 0 Å². The fourth-order valence-electron chi connectivity index (χ4n) is 1.18. The third-order valence-electron chi connectivity index (χ3n) is 1.87. The quantitative estimate of drug-likeness (QED) is 0.876. The van der Waals surface area contributed by atoms with E-state index in [1.54, 1.807) is 6.20 Å². The van der Waals surface area contributed by atoms with Crippen LogP contribution in [0.4, 0.5) is 0 Å². The molecule has 15 heavy (non-hydrogen) atoms. The summed E-state index contributed by atoms with van der Waals surface area (Å²) in [5.74, 6) is 0. The minimum atomic E-state index is -0.123. The molecule has 0 aliphatic carbocycles. The summed E-state index contributed by atoms with van der Waals surface area (Å²) in [7, 11) is 0. The zero-order chi connectivity index (χ0) is 9.97. The predicted octanol–water partition coefficient (Wildman–Crippen LogP) is 2.62. The third-order valence-corrected chi connectivity index (χ3v) is 2.40. The molecule has 1 heterocycles. The summed E-state index contributed by atoms with van der Waals surface area (Å²) in [4.78, 5) is 17.8. The number of H-pyrrole nitrogens is 1. The van der Waals surface area contributed by atoms with E-state index in [1.165, 1.54) is 6.33 Å². The average molecular weight is 288 g/mol. The van der Waals surface area contributed by atoms with Gasteiger partial charge in [0.15, 0.2) is 0 Å². The molecule has 5 heteroatoms. The zero-order valence-corrected chi connectivity index (χ0v) is 10.0. The second-order valence-corrected chi connectivity index (χ2v) is 3.72. The molecule has 1 aromatic carbocycles. The number of nitrogens with zero attached hydrogens (tertiary/aromatic N) is 1. The molecule has 0 unspecified atom stereocenters. The van der Waals surface area contributed by atoms with Crippen LogP contribution in [0.2, 0.25) is 0 Å². The topological polar surface area (TPSA) is 45.8 Å². The van der Waals surface area contributed by atoms with E-state index in [9.17, 15) is 4.79 Å². The molecule has 0 bridgehead atoms. The average Bonchev–Trinajstić information content (AvgIpc) is 2.20. The molecule has 1 N–H and O–H groups in total. The van der Waals surface area contributed by atoms with Crippen molar-refractivity contribution in [2.24, 2.45) is 0 Å². The van der Waals surface area contributed by atoms with Gasteiger partial charge in [0, 0.05) is 10.7 Å². The normalized spacial score (nSPS) is 9.40. The fraction of sp³-hybridized carbons (Fsp3) is 0. The lowest BCUT2D eigenvalue weighted by molar-refractivity contribution is 1.12. The van der Waals surface area contributed by atoms with Crippen LogP contribution in [0.3, 0.4) is 0 Å². The van der Waals surface area contributed by atoms with Crippen LogP contribution in [0.5, 0.6) is 0 Å². The van der Waals surface area contributed by atoms with E-state index >= 15 is 0 Å². The molecule has 3 nitrogen and oxygen atoms in total. The highest BCUT2D eigenvalue weighted by atomic mass is 79.9. The summed E-state index contributed by atoms with van der Waals surface area (Å²) in [6, 6.07) is 7.52. The lowest BCUT2D eigenvalue weighted by atomic mass is 10.1. The van der Waals surface area contributed by atoms with Crippen molar-refractivity contribution in [2.75, 3.05) is 0 Å². The van der Waals surface area contributed by atoms with Gasteiger partial charge in [-0.2, -0.15) is 0 Å². The summed E-state index contributed by atoms with van der Waals surface area (Å²) in [5.41, 5.74) is 1.32. The molecule has 2 aromatic rings. The predicted molar refractivity (Wildman–Crippen MR) is 65.2 cm³/mol. The molecule has 0 saturated heterocycles. The number of benzene rings is 1. The lowest BCUT2D eigenvalue weighted by Gasteiger charge is -1.98. The Morgan fingerprint density at radius 3 is 2.47 bits per heavy atom. The second kappa shape index (κ2) is 5.09. The molecule has 78 valence electrons. The van der Waals surface area contributed by atoms with E-state index in [1.807, 2.05) is 24.3 Å². The van der Waals surface area contributed by atoms with Crippen LogP contribution in [0.15, 0.2) is 46.1 Å². The smallest absolute Gasteiger partial charge is 0.258 e. The molecule has 0 atom stereocenters. The Morgan fingerprint density at radius 1 is 1.20 bits per heavy atom. The van der Waals surface area contributed by atoms with Gasteiger partial charge < -0.3 is 4.98 Å². The van der Waals surface area contributed by atoms with Gasteiger partial charge in [0.05, 0.1) is 11.9 Å². The number of hydrogen-bond donors (Lipinski definition) is 1. The first-order valence-electron chi connectivity index (χ1n) is 4.06. The number of aromatic nitrogens is 2. The van der Waals surface area contributed by atoms with Gasteiger partial charge in [0.2, 0.25) is 0 Å². The van der Waals surface area contributed by atoms with Gasteiger partial charge in [0.25, 0.3) is 5.56 Å². The second-order valence-electron chi connectivity index (χ2n) is 2.80. The summed E-state index contributed by atoms with van der Waals surface area (Å²) in [5, 5.41) is 0. The SMILES string of the molecule is Cl.O=c1[nH]cncc1-c1ccc(Br)cc1. The van der Waals surface area contributed by atoms with Gasteiger partial charge in [-0.3, -0.25) is 4.79 Å². The Labute approximate surface area is 101 Å². The van der Waals surface area contributed by atoms with Gasteiger partial charge in [-0.1, -0.05) is 28.1 Å². The minimum Gasteiger partial charge on any atom is -0.313 e. The van der Waals surface area contributed by atoms with Crippen molar-refractivity contribution in [1.29, 1.82) is 0 Å². The highest BCUT2D eigenvalue weighted by molar-refractivity contribution is 9.10. The molecule has 0 radical (unpaired) electrons. The molecule has 2 rings (SSSR count). The maximum absolute atomic E-state index is 11.4. The van der Waals surface area contributed by atoms with E-state index in [0.717, 1.165) is 10.0 Å². The number of halogens is 2. The standard InChI is InChI=1S/C10H7BrN2O.ClH/c11-8-3-1-7(2-4-8)9-5-12-6-13-10(9)14;/h1-6H,(H,12,13,14);1H. The van der Waals surface area contributed by atoms with Crippen molar-refractivity contribution in [2.45, 2.75) is 0 Å². The Morgan fingerprint density at radius 2 is 1.87 bits per heavy atom. The number of hydrogen-bond acceptors (Lipinski definition) is 2.